The lowest BCUT2D eigenvalue weighted by atomic mass is 10.0. The minimum absolute atomic E-state index is 0.0573. The lowest BCUT2D eigenvalue weighted by Crippen LogP contribution is -2.43. The first-order valence-electron chi connectivity index (χ1n) is 9.54. The number of thiophene rings is 1. The number of amides is 3. The van der Waals surface area contributed by atoms with E-state index in [1.165, 1.54) is 21.1 Å². The van der Waals surface area contributed by atoms with Gasteiger partial charge in [-0.15, -0.1) is 11.3 Å². The molecular weight excluding hydrogens is 390 g/mol. The summed E-state index contributed by atoms with van der Waals surface area (Å²) in [5.41, 5.74) is 2.41. The van der Waals surface area contributed by atoms with Crippen LogP contribution in [-0.4, -0.2) is 65.9 Å². The highest BCUT2D eigenvalue weighted by Crippen LogP contribution is 2.40. The summed E-state index contributed by atoms with van der Waals surface area (Å²) in [6.45, 7) is 0.841. The van der Waals surface area contributed by atoms with Crippen LogP contribution < -0.4 is 4.90 Å². The summed E-state index contributed by atoms with van der Waals surface area (Å²) >= 11 is 1.39. The molecule has 29 heavy (non-hydrogen) atoms. The number of carbonyl (C=O) groups excluding carboxylic acids is 3. The molecule has 0 unspecified atom stereocenters. The fraction of sp³-hybridized carbons (Fsp3) is 0.381. The number of likely N-dealkylation sites (N-methyl/N-ethyl adjacent to an activating group) is 2. The van der Waals surface area contributed by atoms with E-state index < -0.39 is 6.10 Å². The monoisotopic (exact) mass is 413 g/mol. The van der Waals surface area contributed by atoms with Crippen molar-refractivity contribution in [3.63, 3.8) is 0 Å². The lowest BCUT2D eigenvalue weighted by molar-refractivity contribution is -0.141. The summed E-state index contributed by atoms with van der Waals surface area (Å²) in [6, 6.07) is 9.42. The fourth-order valence-electron chi connectivity index (χ4n) is 3.85. The van der Waals surface area contributed by atoms with Gasteiger partial charge in [0.1, 0.15) is 17.6 Å². The number of benzene rings is 1. The quantitative estimate of drug-likeness (QED) is 0.822. The van der Waals surface area contributed by atoms with Crippen molar-refractivity contribution in [1.29, 1.82) is 0 Å². The van der Waals surface area contributed by atoms with Gasteiger partial charge in [0.05, 0.1) is 12.1 Å². The molecule has 2 aliphatic rings. The van der Waals surface area contributed by atoms with Gasteiger partial charge in [0.2, 0.25) is 5.91 Å². The number of nitrogens with zero attached hydrogens (tertiary/aromatic N) is 3. The van der Waals surface area contributed by atoms with Gasteiger partial charge in [-0.05, 0) is 17.5 Å². The van der Waals surface area contributed by atoms with E-state index in [4.69, 9.17) is 0 Å². The van der Waals surface area contributed by atoms with Gasteiger partial charge in [-0.3, -0.25) is 14.4 Å². The molecule has 0 saturated carbocycles. The number of carbonyl (C=O) groups is 3. The zero-order valence-electron chi connectivity index (χ0n) is 16.4. The molecule has 3 amide bonds. The molecular formula is C21H23N3O4S. The maximum absolute atomic E-state index is 12.8. The molecule has 152 valence electrons. The van der Waals surface area contributed by atoms with Crippen molar-refractivity contribution in [1.82, 2.24) is 9.80 Å². The molecule has 0 bridgehead atoms. The van der Waals surface area contributed by atoms with Gasteiger partial charge in [0, 0.05) is 31.9 Å². The van der Waals surface area contributed by atoms with Crippen molar-refractivity contribution >= 4 is 34.1 Å². The van der Waals surface area contributed by atoms with E-state index in [0.717, 1.165) is 16.0 Å². The van der Waals surface area contributed by atoms with Gasteiger partial charge >= 0.3 is 0 Å². The van der Waals surface area contributed by atoms with Crippen LogP contribution in [0.1, 0.15) is 26.4 Å². The van der Waals surface area contributed by atoms with Crippen molar-refractivity contribution in [2.45, 2.75) is 25.5 Å². The fourth-order valence-corrected chi connectivity index (χ4v) is 5.19. The Morgan fingerprint density at radius 1 is 1.17 bits per heavy atom. The molecule has 0 aliphatic carbocycles. The first-order valence-corrected chi connectivity index (χ1v) is 10.4. The van der Waals surface area contributed by atoms with Gasteiger partial charge in [-0.1, -0.05) is 30.3 Å². The average molecular weight is 413 g/mol. The Morgan fingerprint density at radius 3 is 2.62 bits per heavy atom. The van der Waals surface area contributed by atoms with E-state index in [-0.39, 0.29) is 30.7 Å². The average Bonchev–Trinajstić information content (AvgIpc) is 3.07. The first-order chi connectivity index (χ1) is 13.9. The van der Waals surface area contributed by atoms with Gasteiger partial charge in [0.15, 0.2) is 0 Å². The maximum Gasteiger partial charge on any atom is 0.257 e. The topological polar surface area (TPSA) is 81.2 Å². The van der Waals surface area contributed by atoms with E-state index in [0.29, 0.717) is 30.1 Å². The number of rotatable bonds is 3. The molecule has 0 spiro atoms. The summed E-state index contributed by atoms with van der Waals surface area (Å²) in [4.78, 5) is 43.5. The molecule has 0 fully saturated rings. The van der Waals surface area contributed by atoms with Gasteiger partial charge in [-0.25, -0.2) is 0 Å². The zero-order valence-corrected chi connectivity index (χ0v) is 17.2. The van der Waals surface area contributed by atoms with Crippen molar-refractivity contribution in [2.75, 3.05) is 32.1 Å². The SMILES string of the molecule is CN1CC(=O)N(C)c2sc3c(c2C1=O)CCN(C(=O)[C@@H](O)Cc1ccccc1)C3. The van der Waals surface area contributed by atoms with Crippen LogP contribution in [0.2, 0.25) is 0 Å². The number of hydrogen-bond donors (Lipinski definition) is 1. The molecule has 2 aromatic rings. The largest absolute Gasteiger partial charge is 0.383 e. The van der Waals surface area contributed by atoms with Crippen LogP contribution in [0.25, 0.3) is 0 Å². The second-order valence-corrected chi connectivity index (χ2v) is 8.60. The van der Waals surface area contributed by atoms with Crippen LogP contribution in [0.3, 0.4) is 0 Å². The van der Waals surface area contributed by atoms with E-state index in [1.807, 2.05) is 30.3 Å². The van der Waals surface area contributed by atoms with Crippen molar-refractivity contribution in [3.8, 4) is 0 Å². The Kier molecular flexibility index (Phi) is 5.14. The molecule has 3 heterocycles. The highest BCUT2D eigenvalue weighted by Gasteiger charge is 2.36. The standard InChI is InChI=1S/C21H23N3O4S/c1-22-12-17(26)23(2)21-18(20(22)28)14-8-9-24(11-16(14)29-21)19(27)15(25)10-13-6-4-3-5-7-13/h3-7,15,25H,8-12H2,1-2H3/t15-/m0/s1. The van der Waals surface area contributed by atoms with Crippen molar-refractivity contribution < 1.29 is 19.5 Å². The van der Waals surface area contributed by atoms with E-state index >= 15 is 0 Å². The van der Waals surface area contributed by atoms with Gasteiger partial charge < -0.3 is 19.8 Å². The lowest BCUT2D eigenvalue weighted by Gasteiger charge is -2.29. The van der Waals surface area contributed by atoms with Crippen molar-refractivity contribution in [3.05, 3.63) is 51.9 Å². The van der Waals surface area contributed by atoms with E-state index in [1.54, 1.807) is 19.0 Å². The summed E-state index contributed by atoms with van der Waals surface area (Å²) in [6.07, 6.45) is -0.300. The molecule has 1 aromatic carbocycles. The minimum Gasteiger partial charge on any atom is -0.383 e. The normalized spacial score (nSPS) is 17.7. The Morgan fingerprint density at radius 2 is 1.90 bits per heavy atom. The number of hydrogen-bond acceptors (Lipinski definition) is 5. The first kappa shape index (κ1) is 19.6. The second-order valence-electron chi connectivity index (χ2n) is 7.51. The third kappa shape index (κ3) is 3.54. The Balaban J connectivity index is 1.56. The summed E-state index contributed by atoms with van der Waals surface area (Å²) in [5.74, 6) is -0.598. The smallest absolute Gasteiger partial charge is 0.257 e. The van der Waals surface area contributed by atoms with Crippen LogP contribution in [0.5, 0.6) is 0 Å². The maximum atomic E-state index is 12.8. The van der Waals surface area contributed by atoms with Crippen LogP contribution in [0.15, 0.2) is 30.3 Å². The zero-order chi connectivity index (χ0) is 20.7. The highest BCUT2D eigenvalue weighted by molar-refractivity contribution is 7.17. The summed E-state index contributed by atoms with van der Waals surface area (Å²) in [7, 11) is 3.31. The molecule has 1 N–H and O–H groups in total. The molecule has 8 heteroatoms. The number of aliphatic hydroxyl groups is 1. The summed E-state index contributed by atoms with van der Waals surface area (Å²) < 4.78 is 0. The summed E-state index contributed by atoms with van der Waals surface area (Å²) in [5, 5.41) is 11.1. The third-order valence-corrected chi connectivity index (χ3v) is 6.81. The van der Waals surface area contributed by atoms with Crippen LogP contribution in [-0.2, 0) is 29.0 Å². The van der Waals surface area contributed by atoms with Gasteiger partial charge in [-0.2, -0.15) is 0 Å². The second kappa shape index (κ2) is 7.61. The Labute approximate surface area is 173 Å². The molecule has 1 aromatic heterocycles. The highest BCUT2D eigenvalue weighted by atomic mass is 32.1. The molecule has 7 nitrogen and oxygen atoms in total. The molecule has 2 aliphatic heterocycles. The Bertz CT molecular complexity index is 972. The number of fused-ring (bicyclic) bond motifs is 3. The van der Waals surface area contributed by atoms with Crippen LogP contribution >= 0.6 is 11.3 Å². The molecule has 0 radical (unpaired) electrons. The molecule has 4 rings (SSSR count). The molecule has 1 atom stereocenters. The van der Waals surface area contributed by atoms with E-state index in [2.05, 4.69) is 0 Å². The van der Waals surface area contributed by atoms with Gasteiger partial charge in [0.25, 0.3) is 11.8 Å². The number of anilines is 1. The Hall–Kier alpha value is -2.71. The van der Waals surface area contributed by atoms with Crippen LogP contribution in [0, 0.1) is 0 Å². The predicted molar refractivity (Wildman–Crippen MR) is 110 cm³/mol. The number of aliphatic hydroxyl groups excluding tert-OH is 1. The van der Waals surface area contributed by atoms with Crippen LogP contribution in [0.4, 0.5) is 5.00 Å². The predicted octanol–water partition coefficient (Wildman–Crippen LogP) is 1.28. The molecule has 0 saturated heterocycles. The third-order valence-electron chi connectivity index (χ3n) is 5.52. The van der Waals surface area contributed by atoms with Crippen molar-refractivity contribution in [2.24, 2.45) is 0 Å². The van der Waals surface area contributed by atoms with E-state index in [9.17, 15) is 19.5 Å². The minimum atomic E-state index is -1.10.